The molecule has 28 heavy (non-hydrogen) atoms. The number of oxazole rings is 1. The summed E-state index contributed by atoms with van der Waals surface area (Å²) < 4.78 is 7.86. The fourth-order valence-corrected chi connectivity index (χ4v) is 3.66. The molecule has 2 heterocycles. The first-order chi connectivity index (χ1) is 13.5. The highest BCUT2D eigenvalue weighted by molar-refractivity contribution is 6.36. The minimum Gasteiger partial charge on any atom is -0.440 e. The zero-order chi connectivity index (χ0) is 19.8. The summed E-state index contributed by atoms with van der Waals surface area (Å²) in [4.78, 5) is 9.23. The zero-order valence-electron chi connectivity index (χ0n) is 15.2. The first kappa shape index (κ1) is 19.1. The van der Waals surface area contributed by atoms with Crippen LogP contribution in [-0.2, 0) is 6.42 Å². The smallest absolute Gasteiger partial charge is 0.247 e. The van der Waals surface area contributed by atoms with E-state index < -0.39 is 0 Å². The summed E-state index contributed by atoms with van der Waals surface area (Å²) >= 11 is 18.6. The van der Waals surface area contributed by atoms with Crippen LogP contribution in [0, 0.1) is 6.92 Å². The van der Waals surface area contributed by atoms with Gasteiger partial charge in [-0.15, -0.1) is 0 Å². The molecule has 4 aromatic rings. The van der Waals surface area contributed by atoms with E-state index in [-0.39, 0.29) is 0 Å². The quantitative estimate of drug-likeness (QED) is 0.348. The number of hydrogen-bond donors (Lipinski definition) is 0. The highest BCUT2D eigenvalue weighted by Crippen LogP contribution is 2.36. The second kappa shape index (κ2) is 7.63. The lowest BCUT2D eigenvalue weighted by atomic mass is 10.2. The second-order valence-electron chi connectivity index (χ2n) is 6.29. The molecular weight excluding hydrogens is 417 g/mol. The normalized spacial score (nSPS) is 11.2. The molecule has 2 aromatic heterocycles. The van der Waals surface area contributed by atoms with Gasteiger partial charge in [0.05, 0.1) is 16.9 Å². The molecule has 4 rings (SSSR count). The maximum absolute atomic E-state index is 6.48. The van der Waals surface area contributed by atoms with Gasteiger partial charge in [-0.1, -0.05) is 41.7 Å². The minimum absolute atomic E-state index is 0.480. The lowest BCUT2D eigenvalue weighted by Crippen LogP contribution is -2.00. The molecule has 7 heteroatoms. The van der Waals surface area contributed by atoms with Gasteiger partial charge in [-0.2, -0.15) is 0 Å². The summed E-state index contributed by atoms with van der Waals surface area (Å²) in [6.45, 7) is 3.99. The Kier molecular flexibility index (Phi) is 5.19. The summed E-state index contributed by atoms with van der Waals surface area (Å²) in [5, 5.41) is 1.74. The third kappa shape index (κ3) is 3.44. The molecule has 0 amide bonds. The van der Waals surface area contributed by atoms with E-state index in [1.807, 2.05) is 48.7 Å². The lowest BCUT2D eigenvalue weighted by Gasteiger charge is -2.11. The SMILES string of the molecule is CCc1cnc(-c2nc(-c3ccc(Cl)cc3Cl)n(-c3ccc(Cl)cc3)c2C)o1. The van der Waals surface area contributed by atoms with Crippen LogP contribution in [0.1, 0.15) is 18.4 Å². The van der Waals surface area contributed by atoms with Crippen molar-refractivity contribution in [2.45, 2.75) is 20.3 Å². The van der Waals surface area contributed by atoms with Crippen LogP contribution in [0.4, 0.5) is 0 Å². The van der Waals surface area contributed by atoms with E-state index in [1.54, 1.807) is 18.3 Å². The maximum Gasteiger partial charge on any atom is 0.247 e. The molecule has 0 saturated heterocycles. The Morgan fingerprint density at radius 1 is 1.00 bits per heavy atom. The molecule has 0 unspecified atom stereocenters. The van der Waals surface area contributed by atoms with Gasteiger partial charge in [-0.05, 0) is 49.4 Å². The van der Waals surface area contributed by atoms with Crippen LogP contribution in [0.25, 0.3) is 28.7 Å². The Hall–Kier alpha value is -2.27. The molecule has 0 N–H and O–H groups in total. The Morgan fingerprint density at radius 3 is 2.36 bits per heavy atom. The highest BCUT2D eigenvalue weighted by Gasteiger charge is 2.22. The van der Waals surface area contributed by atoms with E-state index in [1.165, 1.54) is 0 Å². The molecule has 4 nitrogen and oxygen atoms in total. The van der Waals surface area contributed by atoms with Crippen LogP contribution >= 0.6 is 34.8 Å². The summed E-state index contributed by atoms with van der Waals surface area (Å²) in [6, 6.07) is 12.9. The van der Waals surface area contributed by atoms with Gasteiger partial charge >= 0.3 is 0 Å². The van der Waals surface area contributed by atoms with Crippen LogP contribution in [0.3, 0.4) is 0 Å². The molecule has 0 atom stereocenters. The summed E-state index contributed by atoms with van der Waals surface area (Å²) in [7, 11) is 0. The molecule has 0 aliphatic carbocycles. The number of halogens is 3. The fraction of sp³-hybridized carbons (Fsp3) is 0.143. The molecule has 0 spiro atoms. The van der Waals surface area contributed by atoms with Gasteiger partial charge in [-0.3, -0.25) is 4.57 Å². The topological polar surface area (TPSA) is 43.9 Å². The Balaban J connectivity index is 1.97. The van der Waals surface area contributed by atoms with Crippen molar-refractivity contribution in [2.75, 3.05) is 0 Å². The molecule has 0 bridgehead atoms. The predicted molar refractivity (Wildman–Crippen MR) is 114 cm³/mol. The van der Waals surface area contributed by atoms with Crippen molar-refractivity contribution in [3.8, 4) is 28.7 Å². The van der Waals surface area contributed by atoms with Crippen molar-refractivity contribution in [3.63, 3.8) is 0 Å². The first-order valence-electron chi connectivity index (χ1n) is 8.73. The van der Waals surface area contributed by atoms with Crippen LogP contribution in [0.15, 0.2) is 53.1 Å². The largest absolute Gasteiger partial charge is 0.440 e. The number of nitrogens with zero attached hydrogens (tertiary/aromatic N) is 3. The molecule has 0 fully saturated rings. The van der Waals surface area contributed by atoms with Gasteiger partial charge in [-0.25, -0.2) is 9.97 Å². The average Bonchev–Trinajstić information content (AvgIpc) is 3.27. The van der Waals surface area contributed by atoms with Crippen LogP contribution in [0.2, 0.25) is 15.1 Å². The highest BCUT2D eigenvalue weighted by atomic mass is 35.5. The number of benzene rings is 2. The predicted octanol–water partition coefficient (Wildman–Crippen LogP) is 7.03. The summed E-state index contributed by atoms with van der Waals surface area (Å²) in [6.07, 6.45) is 2.49. The van der Waals surface area contributed by atoms with Crippen LogP contribution in [-0.4, -0.2) is 14.5 Å². The average molecular weight is 433 g/mol. The van der Waals surface area contributed by atoms with Gasteiger partial charge in [0, 0.05) is 27.7 Å². The Morgan fingerprint density at radius 2 is 1.71 bits per heavy atom. The Bertz CT molecular complexity index is 1150. The maximum atomic E-state index is 6.48. The van der Waals surface area contributed by atoms with Gasteiger partial charge < -0.3 is 4.42 Å². The molecule has 0 aliphatic heterocycles. The van der Waals surface area contributed by atoms with E-state index in [0.29, 0.717) is 32.5 Å². The molecule has 0 aliphatic rings. The van der Waals surface area contributed by atoms with Crippen LogP contribution in [0.5, 0.6) is 0 Å². The third-order valence-electron chi connectivity index (χ3n) is 4.47. The van der Waals surface area contributed by atoms with Crippen molar-refractivity contribution in [1.29, 1.82) is 0 Å². The van der Waals surface area contributed by atoms with Crippen molar-refractivity contribution < 1.29 is 4.42 Å². The summed E-state index contributed by atoms with van der Waals surface area (Å²) in [5.41, 5.74) is 3.21. The van der Waals surface area contributed by atoms with Gasteiger partial charge in [0.2, 0.25) is 5.89 Å². The van der Waals surface area contributed by atoms with E-state index >= 15 is 0 Å². The number of hydrogen-bond acceptors (Lipinski definition) is 3. The lowest BCUT2D eigenvalue weighted by molar-refractivity contribution is 0.522. The van der Waals surface area contributed by atoms with Crippen molar-refractivity contribution >= 4 is 34.8 Å². The third-order valence-corrected chi connectivity index (χ3v) is 5.27. The molecule has 0 radical (unpaired) electrons. The number of aromatic nitrogens is 3. The van der Waals surface area contributed by atoms with Crippen molar-refractivity contribution in [1.82, 2.24) is 14.5 Å². The second-order valence-corrected chi connectivity index (χ2v) is 7.57. The first-order valence-corrected chi connectivity index (χ1v) is 9.87. The standard InChI is InChI=1S/C21H16Cl3N3O/c1-3-16-11-25-21(28-16)19-12(2)27(15-7-4-13(22)5-8-15)20(26-19)17-9-6-14(23)10-18(17)24/h4-11H,3H2,1-2H3. The van der Waals surface area contributed by atoms with Gasteiger partial charge in [0.1, 0.15) is 17.3 Å². The number of aryl methyl sites for hydroxylation is 1. The minimum atomic E-state index is 0.480. The van der Waals surface area contributed by atoms with Crippen molar-refractivity contribution in [2.24, 2.45) is 0 Å². The van der Waals surface area contributed by atoms with Gasteiger partial charge in [0.15, 0.2) is 0 Å². The zero-order valence-corrected chi connectivity index (χ0v) is 17.5. The van der Waals surface area contributed by atoms with E-state index in [0.717, 1.165) is 29.1 Å². The fourth-order valence-electron chi connectivity index (χ4n) is 3.04. The van der Waals surface area contributed by atoms with Crippen LogP contribution < -0.4 is 0 Å². The van der Waals surface area contributed by atoms with Gasteiger partial charge in [0.25, 0.3) is 0 Å². The van der Waals surface area contributed by atoms with E-state index in [4.69, 9.17) is 44.2 Å². The van der Waals surface area contributed by atoms with E-state index in [2.05, 4.69) is 4.98 Å². The Labute approximate surface area is 177 Å². The monoisotopic (exact) mass is 431 g/mol. The van der Waals surface area contributed by atoms with E-state index in [9.17, 15) is 0 Å². The number of rotatable bonds is 4. The summed E-state index contributed by atoms with van der Waals surface area (Å²) in [5.74, 6) is 1.96. The molecule has 0 saturated carbocycles. The molecule has 2 aromatic carbocycles. The molecular formula is C21H16Cl3N3O. The van der Waals surface area contributed by atoms with Crippen molar-refractivity contribution in [3.05, 3.63) is 75.2 Å². The number of imidazole rings is 1. The molecule has 142 valence electrons.